The monoisotopic (exact) mass is 436 g/mol. The lowest BCUT2D eigenvalue weighted by molar-refractivity contribution is -0.137. The first-order valence-electron chi connectivity index (χ1n) is 8.54. The summed E-state index contributed by atoms with van der Waals surface area (Å²) in [6.07, 6.45) is -3.33. The van der Waals surface area contributed by atoms with Crippen LogP contribution in [0.15, 0.2) is 53.4 Å². The molecule has 2 aromatic carbocycles. The fourth-order valence-corrected chi connectivity index (χ4v) is 3.45. The number of thioether (sulfide) groups is 1. The van der Waals surface area contributed by atoms with Gasteiger partial charge in [0.2, 0.25) is 5.91 Å². The topological polar surface area (TPSA) is 75.7 Å². The molecule has 156 valence electrons. The zero-order valence-corrected chi connectivity index (χ0v) is 16.3. The van der Waals surface area contributed by atoms with Crippen molar-refractivity contribution in [2.45, 2.75) is 6.18 Å². The number of rotatable bonds is 5. The zero-order valence-electron chi connectivity index (χ0n) is 15.5. The number of hydrogen-bond donors (Lipinski definition) is 1. The standard InChI is InChI=1S/C20H15F3N2O4S/c1-29-15-7-5-14(6-8-15)24-17(26)11-25-18(27)16(30-19(25)28)10-12-3-2-4-13(9-12)20(21,22)23/h2-10H,11H2,1H3,(H,24,26)/b16-10+. The van der Waals surface area contributed by atoms with Crippen LogP contribution < -0.4 is 10.1 Å². The summed E-state index contributed by atoms with van der Waals surface area (Å²) in [5.41, 5.74) is -0.292. The number of amides is 3. The summed E-state index contributed by atoms with van der Waals surface area (Å²) >= 11 is 0.564. The van der Waals surface area contributed by atoms with E-state index < -0.39 is 35.3 Å². The molecule has 1 heterocycles. The van der Waals surface area contributed by atoms with Gasteiger partial charge in [-0.3, -0.25) is 19.3 Å². The molecule has 0 saturated carbocycles. The van der Waals surface area contributed by atoms with Crippen LogP contribution in [0.4, 0.5) is 23.7 Å². The maximum atomic E-state index is 12.8. The Bertz CT molecular complexity index is 1020. The molecular formula is C20H15F3N2O4S. The lowest BCUT2D eigenvalue weighted by atomic mass is 10.1. The number of alkyl halides is 3. The highest BCUT2D eigenvalue weighted by atomic mass is 32.2. The SMILES string of the molecule is COc1ccc(NC(=O)CN2C(=O)S/C(=C/c3cccc(C(F)(F)F)c3)C2=O)cc1. The minimum absolute atomic E-state index is 0.0587. The van der Waals surface area contributed by atoms with Gasteiger partial charge in [0.25, 0.3) is 11.1 Å². The zero-order chi connectivity index (χ0) is 21.9. The normalized spacial score (nSPS) is 15.6. The van der Waals surface area contributed by atoms with E-state index in [9.17, 15) is 27.6 Å². The summed E-state index contributed by atoms with van der Waals surface area (Å²) in [5.74, 6) is -0.742. The van der Waals surface area contributed by atoms with Crippen LogP contribution in [0.1, 0.15) is 11.1 Å². The number of imide groups is 1. The number of ether oxygens (including phenoxy) is 1. The second-order valence-corrected chi connectivity index (χ2v) is 7.16. The largest absolute Gasteiger partial charge is 0.497 e. The van der Waals surface area contributed by atoms with Crippen LogP contribution in [-0.4, -0.2) is 35.6 Å². The Hall–Kier alpha value is -3.27. The number of anilines is 1. The predicted molar refractivity (Wildman–Crippen MR) is 106 cm³/mol. The molecule has 30 heavy (non-hydrogen) atoms. The Labute approximate surface area is 173 Å². The lowest BCUT2D eigenvalue weighted by Crippen LogP contribution is -2.36. The number of methoxy groups -OCH3 is 1. The molecule has 1 aliphatic heterocycles. The summed E-state index contributed by atoms with van der Waals surface area (Å²) in [6, 6.07) is 10.8. The van der Waals surface area contributed by atoms with E-state index in [-0.39, 0.29) is 10.5 Å². The minimum Gasteiger partial charge on any atom is -0.497 e. The Morgan fingerprint density at radius 1 is 1.17 bits per heavy atom. The number of nitrogens with one attached hydrogen (secondary N) is 1. The number of carbonyl (C=O) groups excluding carboxylic acids is 3. The maximum Gasteiger partial charge on any atom is 0.416 e. The number of hydrogen-bond acceptors (Lipinski definition) is 5. The molecule has 0 aromatic heterocycles. The average Bonchev–Trinajstić information content (AvgIpc) is 2.95. The van der Waals surface area contributed by atoms with Gasteiger partial charge in [0.1, 0.15) is 12.3 Å². The van der Waals surface area contributed by atoms with Crippen molar-refractivity contribution in [1.29, 1.82) is 0 Å². The molecule has 0 bridgehead atoms. The molecule has 0 unspecified atom stereocenters. The Morgan fingerprint density at radius 2 is 1.87 bits per heavy atom. The van der Waals surface area contributed by atoms with Gasteiger partial charge in [-0.05, 0) is 59.8 Å². The Balaban J connectivity index is 1.69. The van der Waals surface area contributed by atoms with Gasteiger partial charge in [0, 0.05) is 5.69 Å². The summed E-state index contributed by atoms with van der Waals surface area (Å²) in [4.78, 5) is 37.5. The first kappa shape index (κ1) is 21.4. The minimum atomic E-state index is -4.53. The number of carbonyl (C=O) groups is 3. The molecule has 3 amide bonds. The van der Waals surface area contributed by atoms with Crippen molar-refractivity contribution in [1.82, 2.24) is 4.90 Å². The summed E-state index contributed by atoms with van der Waals surface area (Å²) in [7, 11) is 1.50. The molecule has 0 spiro atoms. The number of nitrogens with zero attached hydrogens (tertiary/aromatic N) is 1. The predicted octanol–water partition coefficient (Wildman–Crippen LogP) is 4.39. The third kappa shape index (κ3) is 5.01. The molecule has 1 aliphatic rings. The van der Waals surface area contributed by atoms with Crippen LogP contribution in [0.2, 0.25) is 0 Å². The van der Waals surface area contributed by atoms with E-state index in [0.717, 1.165) is 17.0 Å². The highest BCUT2D eigenvalue weighted by Crippen LogP contribution is 2.34. The lowest BCUT2D eigenvalue weighted by Gasteiger charge is -2.12. The third-order valence-corrected chi connectivity index (χ3v) is 4.97. The van der Waals surface area contributed by atoms with E-state index in [4.69, 9.17) is 4.74 Å². The summed E-state index contributed by atoms with van der Waals surface area (Å²) < 4.78 is 43.5. The Morgan fingerprint density at radius 3 is 2.50 bits per heavy atom. The van der Waals surface area contributed by atoms with E-state index in [1.54, 1.807) is 24.3 Å². The highest BCUT2D eigenvalue weighted by molar-refractivity contribution is 8.18. The summed E-state index contributed by atoms with van der Waals surface area (Å²) in [5, 5.41) is 1.88. The molecule has 1 fully saturated rings. The van der Waals surface area contributed by atoms with Crippen molar-refractivity contribution < 1.29 is 32.3 Å². The average molecular weight is 436 g/mol. The highest BCUT2D eigenvalue weighted by Gasteiger charge is 2.36. The van der Waals surface area contributed by atoms with Gasteiger partial charge in [-0.15, -0.1) is 0 Å². The maximum absolute atomic E-state index is 12.8. The molecular weight excluding hydrogens is 421 g/mol. The van der Waals surface area contributed by atoms with E-state index in [0.29, 0.717) is 23.2 Å². The quantitative estimate of drug-likeness (QED) is 0.704. The van der Waals surface area contributed by atoms with Crippen LogP contribution in [0.3, 0.4) is 0 Å². The van der Waals surface area contributed by atoms with Crippen LogP contribution in [-0.2, 0) is 15.8 Å². The second kappa shape index (κ2) is 8.62. The van der Waals surface area contributed by atoms with E-state index >= 15 is 0 Å². The number of benzene rings is 2. The van der Waals surface area contributed by atoms with E-state index in [1.807, 2.05) is 0 Å². The van der Waals surface area contributed by atoms with Crippen molar-refractivity contribution in [2.75, 3.05) is 19.0 Å². The van der Waals surface area contributed by atoms with Crippen molar-refractivity contribution >= 4 is 40.6 Å². The third-order valence-electron chi connectivity index (χ3n) is 4.06. The first-order chi connectivity index (χ1) is 14.2. The van der Waals surface area contributed by atoms with Crippen LogP contribution in [0.25, 0.3) is 6.08 Å². The van der Waals surface area contributed by atoms with Gasteiger partial charge < -0.3 is 10.1 Å². The van der Waals surface area contributed by atoms with Crippen LogP contribution in [0, 0.1) is 0 Å². The second-order valence-electron chi connectivity index (χ2n) is 6.17. The van der Waals surface area contributed by atoms with Gasteiger partial charge in [-0.2, -0.15) is 13.2 Å². The van der Waals surface area contributed by atoms with Crippen molar-refractivity contribution in [3.05, 3.63) is 64.6 Å². The van der Waals surface area contributed by atoms with E-state index in [2.05, 4.69) is 5.32 Å². The number of halogens is 3. The fourth-order valence-electron chi connectivity index (χ4n) is 2.61. The van der Waals surface area contributed by atoms with Gasteiger partial charge >= 0.3 is 6.18 Å². The van der Waals surface area contributed by atoms with Gasteiger partial charge in [-0.25, -0.2) is 0 Å². The van der Waals surface area contributed by atoms with Crippen molar-refractivity contribution in [3.63, 3.8) is 0 Å². The van der Waals surface area contributed by atoms with E-state index in [1.165, 1.54) is 25.3 Å². The van der Waals surface area contributed by atoms with Crippen LogP contribution in [0.5, 0.6) is 5.75 Å². The van der Waals surface area contributed by atoms with Crippen molar-refractivity contribution in [3.8, 4) is 5.75 Å². The molecule has 6 nitrogen and oxygen atoms in total. The fraction of sp³-hybridized carbons (Fsp3) is 0.150. The smallest absolute Gasteiger partial charge is 0.416 e. The molecule has 0 radical (unpaired) electrons. The van der Waals surface area contributed by atoms with Crippen LogP contribution >= 0.6 is 11.8 Å². The Kier molecular flexibility index (Phi) is 6.16. The van der Waals surface area contributed by atoms with Gasteiger partial charge in [0.15, 0.2) is 0 Å². The van der Waals surface area contributed by atoms with Crippen molar-refractivity contribution in [2.24, 2.45) is 0 Å². The molecule has 1 N–H and O–H groups in total. The molecule has 2 aromatic rings. The van der Waals surface area contributed by atoms with Gasteiger partial charge in [-0.1, -0.05) is 12.1 Å². The van der Waals surface area contributed by atoms with Gasteiger partial charge in [0.05, 0.1) is 17.6 Å². The molecule has 0 aliphatic carbocycles. The summed E-state index contributed by atoms with van der Waals surface area (Å²) in [6.45, 7) is -0.517. The molecule has 10 heteroatoms. The molecule has 0 atom stereocenters. The molecule has 3 rings (SSSR count). The molecule has 1 saturated heterocycles. The first-order valence-corrected chi connectivity index (χ1v) is 9.35.